The number of pyridine rings is 1. The molecule has 0 aromatic carbocycles. The predicted molar refractivity (Wildman–Crippen MR) is 94.6 cm³/mol. The normalized spacial score (nSPS) is 11.1. The third kappa shape index (κ3) is 6.07. The van der Waals surface area contributed by atoms with E-state index in [0.29, 0.717) is 9.70 Å². The summed E-state index contributed by atoms with van der Waals surface area (Å²) in [5, 5.41) is 15.6. The molecule has 10 nitrogen and oxygen atoms in total. The number of carbonyl (C=O) groups is 3. The number of hydrogen-bond acceptors (Lipinski definition) is 7. The molecule has 0 radical (unpaired) electrons. The number of aromatic nitrogens is 3. The average Bonchev–Trinajstić information content (AvgIpc) is 3.00. The van der Waals surface area contributed by atoms with Crippen LogP contribution in [0.25, 0.3) is 0 Å². The van der Waals surface area contributed by atoms with E-state index in [1.54, 1.807) is 0 Å². The first kappa shape index (κ1) is 22.9. The molecule has 2 N–H and O–H groups in total. The highest BCUT2D eigenvalue weighted by molar-refractivity contribution is 6.30. The van der Waals surface area contributed by atoms with Crippen LogP contribution in [0.3, 0.4) is 0 Å². The van der Waals surface area contributed by atoms with Gasteiger partial charge in [0.05, 0.1) is 11.6 Å². The number of carboxylic acids is 1. The van der Waals surface area contributed by atoms with E-state index in [2.05, 4.69) is 24.9 Å². The maximum absolute atomic E-state index is 12.5. The minimum absolute atomic E-state index is 0.0765. The molecule has 0 bridgehead atoms. The van der Waals surface area contributed by atoms with E-state index in [1.165, 1.54) is 25.3 Å². The van der Waals surface area contributed by atoms with E-state index in [4.69, 9.17) is 11.6 Å². The van der Waals surface area contributed by atoms with Crippen LogP contribution in [0.15, 0.2) is 18.3 Å². The lowest BCUT2D eigenvalue weighted by Crippen LogP contribution is -2.23. The minimum Gasteiger partial charge on any atom is -0.479 e. The molecule has 0 saturated carbocycles. The Morgan fingerprint density at radius 3 is 2.53 bits per heavy atom. The second kappa shape index (κ2) is 9.43. The first-order chi connectivity index (χ1) is 14.0. The number of anilines is 1. The molecule has 2 aromatic rings. The van der Waals surface area contributed by atoms with Crippen molar-refractivity contribution in [2.24, 2.45) is 0 Å². The lowest BCUT2D eigenvalue weighted by Gasteiger charge is -2.10. The Kier molecular flexibility index (Phi) is 7.21. The molecule has 2 heterocycles. The zero-order valence-corrected chi connectivity index (χ0v) is 16.0. The van der Waals surface area contributed by atoms with Gasteiger partial charge in [0.1, 0.15) is 12.4 Å². The molecular weight excluding hydrogens is 437 g/mol. The first-order valence-corrected chi connectivity index (χ1v) is 8.51. The summed E-state index contributed by atoms with van der Waals surface area (Å²) in [4.78, 5) is 39.6. The number of amides is 1. The number of carboxylic acid groups (broad SMARTS) is 1. The molecule has 0 atom stereocenters. The van der Waals surface area contributed by atoms with Crippen molar-refractivity contribution in [3.8, 4) is 5.75 Å². The van der Waals surface area contributed by atoms with E-state index in [-0.39, 0.29) is 12.4 Å². The lowest BCUT2D eigenvalue weighted by molar-refractivity contribution is -0.153. The third-order valence-corrected chi connectivity index (χ3v) is 3.47. The highest BCUT2D eigenvalue weighted by Gasteiger charge is 2.35. The number of nitrogens with one attached hydrogen (secondary N) is 1. The van der Waals surface area contributed by atoms with Gasteiger partial charge in [0.2, 0.25) is 11.6 Å². The first-order valence-electron chi connectivity index (χ1n) is 8.14. The molecule has 14 heteroatoms. The highest BCUT2D eigenvalue weighted by Crippen LogP contribution is 2.27. The van der Waals surface area contributed by atoms with Gasteiger partial charge in [-0.2, -0.15) is 18.3 Å². The second-order valence-corrected chi connectivity index (χ2v) is 5.96. The molecular formula is C16H14ClF3N4O6. The Balaban J connectivity index is 2.36. The quantitative estimate of drug-likeness (QED) is 0.586. The molecule has 0 aliphatic heterocycles. The summed E-state index contributed by atoms with van der Waals surface area (Å²) >= 11 is 5.68. The van der Waals surface area contributed by atoms with Gasteiger partial charge in [0, 0.05) is 6.20 Å². The van der Waals surface area contributed by atoms with E-state index < -0.39 is 54.3 Å². The molecule has 0 fully saturated rings. The maximum atomic E-state index is 12.5. The van der Waals surface area contributed by atoms with Crippen LogP contribution in [-0.4, -0.2) is 57.1 Å². The Morgan fingerprint density at radius 2 is 2.00 bits per heavy atom. The fraction of sp³-hybridized carbons (Fsp3) is 0.312. The number of carbonyl (C=O) groups excluding carboxylic acids is 2. The van der Waals surface area contributed by atoms with Crippen molar-refractivity contribution in [1.82, 2.24) is 14.8 Å². The van der Waals surface area contributed by atoms with Gasteiger partial charge < -0.3 is 19.9 Å². The van der Waals surface area contributed by atoms with Crippen molar-refractivity contribution >= 4 is 35.3 Å². The number of ether oxygens (including phenoxy) is 2. The van der Waals surface area contributed by atoms with Crippen molar-refractivity contribution in [3.05, 3.63) is 34.7 Å². The van der Waals surface area contributed by atoms with E-state index in [1.807, 2.05) is 0 Å². The molecule has 2 rings (SSSR count). The van der Waals surface area contributed by atoms with Gasteiger partial charge in [-0.25, -0.2) is 19.3 Å². The maximum Gasteiger partial charge on any atom is 0.422 e. The summed E-state index contributed by atoms with van der Waals surface area (Å²) in [6.45, 7) is -1.38. The number of alkyl halides is 3. The monoisotopic (exact) mass is 450 g/mol. The number of halogens is 4. The zero-order valence-electron chi connectivity index (χ0n) is 15.2. The molecule has 0 saturated heterocycles. The van der Waals surface area contributed by atoms with Crippen molar-refractivity contribution in [1.29, 1.82) is 0 Å². The van der Waals surface area contributed by atoms with Crippen molar-refractivity contribution in [2.45, 2.75) is 19.6 Å². The molecule has 162 valence electrons. The van der Waals surface area contributed by atoms with Gasteiger partial charge in [0.25, 0.3) is 0 Å². The topological polar surface area (TPSA) is 133 Å². The summed E-state index contributed by atoms with van der Waals surface area (Å²) in [7, 11) is 0. The lowest BCUT2D eigenvalue weighted by atomic mass is 10.3. The summed E-state index contributed by atoms with van der Waals surface area (Å²) in [5.41, 5.74) is -1.74. The molecule has 0 aliphatic rings. The van der Waals surface area contributed by atoms with Crippen LogP contribution in [0.4, 0.5) is 19.0 Å². The summed E-state index contributed by atoms with van der Waals surface area (Å²) in [6, 6.07) is 2.80. The molecule has 0 spiro atoms. The summed E-state index contributed by atoms with van der Waals surface area (Å²) in [6.07, 6.45) is -3.57. The largest absolute Gasteiger partial charge is 0.479 e. The van der Waals surface area contributed by atoms with Gasteiger partial charge in [-0.3, -0.25) is 4.79 Å². The van der Waals surface area contributed by atoms with Crippen LogP contribution in [0.5, 0.6) is 5.75 Å². The van der Waals surface area contributed by atoms with Gasteiger partial charge in [-0.1, -0.05) is 11.6 Å². The van der Waals surface area contributed by atoms with E-state index in [0.717, 1.165) is 0 Å². The van der Waals surface area contributed by atoms with Crippen molar-refractivity contribution in [2.75, 3.05) is 18.5 Å². The number of esters is 1. The van der Waals surface area contributed by atoms with Crippen LogP contribution in [0.1, 0.15) is 27.9 Å². The second-order valence-electron chi connectivity index (χ2n) is 5.52. The van der Waals surface area contributed by atoms with Crippen molar-refractivity contribution in [3.63, 3.8) is 0 Å². The van der Waals surface area contributed by atoms with Gasteiger partial charge >= 0.3 is 18.1 Å². The number of aromatic carboxylic acids is 1. The smallest absolute Gasteiger partial charge is 0.422 e. The number of hydrogen-bond donors (Lipinski definition) is 2. The van der Waals surface area contributed by atoms with Crippen LogP contribution >= 0.6 is 11.6 Å². The van der Waals surface area contributed by atoms with Crippen LogP contribution in [0, 0.1) is 0 Å². The zero-order chi connectivity index (χ0) is 22.5. The van der Waals surface area contributed by atoms with E-state index >= 15 is 0 Å². The molecule has 0 unspecified atom stereocenters. The SMILES string of the molecule is CCOC(=O)c1nn(CC(=O)Nc2ccc(Cl)cn2)c(C(=O)O)c1OCC(F)(F)F. The Bertz CT molecular complexity index is 946. The van der Waals surface area contributed by atoms with E-state index in [9.17, 15) is 32.7 Å². The Morgan fingerprint density at radius 1 is 1.30 bits per heavy atom. The Labute approximate surface area is 171 Å². The summed E-state index contributed by atoms with van der Waals surface area (Å²) < 4.78 is 47.3. The minimum atomic E-state index is -4.82. The molecule has 30 heavy (non-hydrogen) atoms. The fourth-order valence-electron chi connectivity index (χ4n) is 2.16. The number of rotatable bonds is 8. The predicted octanol–water partition coefficient (Wildman–Crippen LogP) is 2.39. The number of nitrogens with zero attached hydrogens (tertiary/aromatic N) is 3. The molecule has 2 aromatic heterocycles. The van der Waals surface area contributed by atoms with Gasteiger partial charge in [-0.05, 0) is 19.1 Å². The highest BCUT2D eigenvalue weighted by atomic mass is 35.5. The van der Waals surface area contributed by atoms with Gasteiger partial charge in [0.15, 0.2) is 18.1 Å². The fourth-order valence-corrected chi connectivity index (χ4v) is 2.27. The van der Waals surface area contributed by atoms with Gasteiger partial charge in [-0.15, -0.1) is 0 Å². The van der Waals surface area contributed by atoms with Crippen LogP contribution < -0.4 is 10.1 Å². The van der Waals surface area contributed by atoms with Crippen molar-refractivity contribution < 1.29 is 42.1 Å². The third-order valence-electron chi connectivity index (χ3n) is 3.25. The molecule has 0 aliphatic carbocycles. The van der Waals surface area contributed by atoms with Crippen LogP contribution in [0.2, 0.25) is 5.02 Å². The molecule has 1 amide bonds. The standard InChI is InChI=1S/C16H14ClF3N4O6/c1-2-29-15(28)11-13(30-7-16(18,19)20)12(14(26)27)24(23-11)6-10(25)22-9-4-3-8(17)5-21-9/h3-5H,2,6-7H2,1H3,(H,26,27)(H,21,22,25). The Hall–Kier alpha value is -3.35. The van der Waals surface area contributed by atoms with Crippen LogP contribution in [-0.2, 0) is 16.1 Å². The summed E-state index contributed by atoms with van der Waals surface area (Å²) in [5.74, 6) is -4.70. The average molecular weight is 451 g/mol.